The number of carbonyl (C=O) groups excluding carboxylic acids is 3. The lowest BCUT2D eigenvalue weighted by molar-refractivity contribution is -0.870. The topological polar surface area (TPSA) is 111 Å². The molecule has 0 aliphatic carbocycles. The minimum atomic E-state index is -1.63. The van der Waals surface area contributed by atoms with Crippen LogP contribution in [-0.2, 0) is 33.3 Å². The Morgan fingerprint density at radius 1 is 0.370 bits per heavy atom. The van der Waals surface area contributed by atoms with E-state index in [1.165, 1.54) is 77.0 Å². The highest BCUT2D eigenvalue weighted by molar-refractivity contribution is 5.70. The number of esters is 2. The molecule has 0 spiro atoms. The first-order chi connectivity index (χ1) is 39.6. The molecule has 0 N–H and O–H groups in total. The van der Waals surface area contributed by atoms with Gasteiger partial charge < -0.3 is 33.3 Å². The van der Waals surface area contributed by atoms with Gasteiger partial charge in [0.1, 0.15) is 13.2 Å². The van der Waals surface area contributed by atoms with Gasteiger partial charge in [0.2, 0.25) is 0 Å². The Kier molecular flexibility index (Phi) is 58.0. The SMILES string of the molecule is CC/C=C\C/C=C\C/C=C\C/C=C\C/C=C\C/C=C\C/C=C\CCCCCCCCCCCCCCCCCC(=O)OC(COC(=O)CCCCCCCC/C=C\C/C=C\C/C=C\C/C=C\CC)COC(OCC[N+](C)(C)C)C(=O)[O-]. The zero-order valence-electron chi connectivity index (χ0n) is 52.4. The Morgan fingerprint density at radius 2 is 0.667 bits per heavy atom. The van der Waals surface area contributed by atoms with E-state index >= 15 is 0 Å². The lowest BCUT2D eigenvalue weighted by Gasteiger charge is -2.26. The molecule has 0 aliphatic heterocycles. The number of nitrogens with zero attached hydrogens (tertiary/aromatic N) is 1. The summed E-state index contributed by atoms with van der Waals surface area (Å²) in [6.07, 6.45) is 85.2. The molecular formula is C72H119NO8. The summed E-state index contributed by atoms with van der Waals surface area (Å²) in [4.78, 5) is 37.4. The van der Waals surface area contributed by atoms with Gasteiger partial charge in [-0.05, 0) is 109 Å². The van der Waals surface area contributed by atoms with E-state index in [0.717, 1.165) is 135 Å². The molecule has 0 heterocycles. The third-order valence-electron chi connectivity index (χ3n) is 13.4. The Hall–Kier alpha value is -4.57. The molecule has 0 aliphatic rings. The summed E-state index contributed by atoms with van der Waals surface area (Å²) < 4.78 is 22.7. The van der Waals surface area contributed by atoms with Crippen LogP contribution in [0.2, 0.25) is 0 Å². The van der Waals surface area contributed by atoms with Crippen LogP contribution in [0, 0.1) is 0 Å². The van der Waals surface area contributed by atoms with E-state index in [0.29, 0.717) is 17.4 Å². The zero-order valence-corrected chi connectivity index (χ0v) is 52.4. The molecule has 460 valence electrons. The fourth-order valence-corrected chi connectivity index (χ4v) is 8.51. The van der Waals surface area contributed by atoms with Crippen molar-refractivity contribution in [3.63, 3.8) is 0 Å². The van der Waals surface area contributed by atoms with Gasteiger partial charge in [0.25, 0.3) is 0 Å². The van der Waals surface area contributed by atoms with Gasteiger partial charge in [-0.1, -0.05) is 257 Å². The number of likely N-dealkylation sites (N-methyl/N-ethyl adjacent to an activating group) is 1. The molecule has 81 heavy (non-hydrogen) atoms. The fourth-order valence-electron chi connectivity index (χ4n) is 8.51. The van der Waals surface area contributed by atoms with Crippen molar-refractivity contribution in [3.05, 3.63) is 134 Å². The van der Waals surface area contributed by atoms with E-state index in [4.69, 9.17) is 18.9 Å². The number of hydrogen-bond donors (Lipinski definition) is 0. The van der Waals surface area contributed by atoms with E-state index in [2.05, 4.69) is 148 Å². The van der Waals surface area contributed by atoms with E-state index in [-0.39, 0.29) is 38.6 Å². The standard InChI is InChI=1S/C72H119NO8/c1-6-8-10-12-14-16-18-20-22-24-26-27-28-29-30-31-32-33-34-35-36-37-38-39-40-41-42-43-45-47-49-51-53-55-57-59-61-63-70(75)81-68(67-80-72(71(76)77)78-65-64-73(3,4)5)66-79-69(74)62-60-58-56-54-52-50-48-46-44-25-23-21-19-17-15-13-11-9-7-2/h8-11,14-17,20-23,26-27,29-30,32-33,35-36,44,46,68,72H,6-7,12-13,18-19,24-25,28,31,34,37-43,45,47-67H2,1-5H3/b10-8-,11-9-,16-14-,17-15-,22-20-,23-21-,27-26-,30-29-,33-32-,36-35-,46-44-. The second-order valence-corrected chi connectivity index (χ2v) is 22.3. The average molecular weight is 1130 g/mol. The van der Waals surface area contributed by atoms with Crippen LogP contribution in [0.1, 0.15) is 245 Å². The summed E-state index contributed by atoms with van der Waals surface area (Å²) in [6.45, 7) is 4.50. The summed E-state index contributed by atoms with van der Waals surface area (Å²) in [7, 11) is 5.91. The highest BCUT2D eigenvalue weighted by Gasteiger charge is 2.22. The number of ether oxygens (including phenoxy) is 4. The summed E-state index contributed by atoms with van der Waals surface area (Å²) in [6, 6.07) is 0. The van der Waals surface area contributed by atoms with Crippen LogP contribution in [0.25, 0.3) is 0 Å². The highest BCUT2D eigenvalue weighted by atomic mass is 16.7. The van der Waals surface area contributed by atoms with Gasteiger partial charge in [0.15, 0.2) is 12.4 Å². The van der Waals surface area contributed by atoms with Crippen LogP contribution < -0.4 is 5.11 Å². The molecule has 0 amide bonds. The molecule has 9 heteroatoms. The molecule has 0 aromatic rings. The van der Waals surface area contributed by atoms with Crippen LogP contribution in [-0.4, -0.2) is 82.3 Å². The molecule has 0 saturated heterocycles. The molecule has 0 saturated carbocycles. The molecule has 0 fully saturated rings. The number of hydrogen-bond acceptors (Lipinski definition) is 8. The van der Waals surface area contributed by atoms with E-state index < -0.39 is 24.3 Å². The Bertz CT molecular complexity index is 1790. The van der Waals surface area contributed by atoms with Gasteiger partial charge >= 0.3 is 11.9 Å². The van der Waals surface area contributed by atoms with Gasteiger partial charge in [-0.25, -0.2) is 0 Å². The summed E-state index contributed by atoms with van der Waals surface area (Å²) >= 11 is 0. The number of quaternary nitrogens is 1. The van der Waals surface area contributed by atoms with Crippen LogP contribution in [0.5, 0.6) is 0 Å². The van der Waals surface area contributed by atoms with Crippen LogP contribution in [0.4, 0.5) is 0 Å². The summed E-state index contributed by atoms with van der Waals surface area (Å²) in [5.41, 5.74) is 0. The lowest BCUT2D eigenvalue weighted by atomic mass is 10.0. The molecule has 2 atom stereocenters. The van der Waals surface area contributed by atoms with Crippen molar-refractivity contribution < 1.29 is 42.9 Å². The first-order valence-electron chi connectivity index (χ1n) is 32.3. The van der Waals surface area contributed by atoms with Crippen LogP contribution in [0.15, 0.2) is 134 Å². The highest BCUT2D eigenvalue weighted by Crippen LogP contribution is 2.16. The molecule has 0 rings (SSSR count). The minimum absolute atomic E-state index is 0.139. The van der Waals surface area contributed by atoms with Crippen molar-refractivity contribution >= 4 is 17.9 Å². The maximum Gasteiger partial charge on any atom is 0.306 e. The Morgan fingerprint density at radius 3 is 0.988 bits per heavy atom. The molecule has 2 unspecified atom stereocenters. The van der Waals surface area contributed by atoms with E-state index in [1.807, 2.05) is 21.1 Å². The Balaban J connectivity index is 4.14. The van der Waals surface area contributed by atoms with Crippen molar-refractivity contribution in [2.24, 2.45) is 0 Å². The molecule has 0 bridgehead atoms. The predicted octanol–water partition coefficient (Wildman–Crippen LogP) is 18.5. The van der Waals surface area contributed by atoms with Crippen molar-refractivity contribution in [2.45, 2.75) is 257 Å². The number of carboxylic acids is 1. The van der Waals surface area contributed by atoms with Gasteiger partial charge in [-0.15, -0.1) is 0 Å². The zero-order chi connectivity index (χ0) is 59.1. The first-order valence-corrected chi connectivity index (χ1v) is 32.3. The van der Waals surface area contributed by atoms with Crippen LogP contribution in [0.3, 0.4) is 0 Å². The lowest BCUT2D eigenvalue weighted by Crippen LogP contribution is -2.44. The number of rotatable bonds is 58. The van der Waals surface area contributed by atoms with Crippen molar-refractivity contribution in [3.8, 4) is 0 Å². The van der Waals surface area contributed by atoms with Crippen molar-refractivity contribution in [2.75, 3.05) is 47.5 Å². The number of carboxylic acid groups (broad SMARTS) is 1. The fraction of sp³-hybridized carbons (Fsp3) is 0.653. The number of aliphatic carboxylic acids is 1. The van der Waals surface area contributed by atoms with Gasteiger partial charge in [0.05, 0.1) is 40.3 Å². The third-order valence-corrected chi connectivity index (χ3v) is 13.4. The Labute approximate surface area is 497 Å². The maximum absolute atomic E-state index is 12.9. The summed E-state index contributed by atoms with van der Waals surface area (Å²) in [5, 5.41) is 11.8. The van der Waals surface area contributed by atoms with Gasteiger partial charge in [-0.2, -0.15) is 0 Å². The first kappa shape index (κ1) is 76.4. The normalized spacial score (nSPS) is 13.6. The maximum atomic E-state index is 12.9. The van der Waals surface area contributed by atoms with Crippen LogP contribution >= 0.6 is 0 Å². The molecule has 0 aromatic heterocycles. The smallest absolute Gasteiger partial charge is 0.306 e. The van der Waals surface area contributed by atoms with Gasteiger partial charge in [0, 0.05) is 12.8 Å². The predicted molar refractivity (Wildman–Crippen MR) is 343 cm³/mol. The molecular weight excluding hydrogens is 1010 g/mol. The molecule has 0 aromatic carbocycles. The number of carbonyl (C=O) groups is 3. The largest absolute Gasteiger partial charge is 0.545 e. The van der Waals surface area contributed by atoms with E-state index in [9.17, 15) is 19.5 Å². The second-order valence-electron chi connectivity index (χ2n) is 22.3. The van der Waals surface area contributed by atoms with E-state index in [1.54, 1.807) is 0 Å². The van der Waals surface area contributed by atoms with Gasteiger partial charge in [-0.3, -0.25) is 9.59 Å². The monoisotopic (exact) mass is 1130 g/mol. The molecule has 9 nitrogen and oxygen atoms in total. The quantitative estimate of drug-likeness (QED) is 0.0195. The third kappa shape index (κ3) is 62.9. The molecule has 0 radical (unpaired) electrons. The number of allylic oxidation sites excluding steroid dienone is 22. The second kappa shape index (κ2) is 61.5. The number of unbranched alkanes of at least 4 members (excludes halogenated alkanes) is 21. The van der Waals surface area contributed by atoms with Crippen molar-refractivity contribution in [1.82, 2.24) is 0 Å². The average Bonchev–Trinajstić information content (AvgIpc) is 3.44. The minimum Gasteiger partial charge on any atom is -0.545 e. The summed E-state index contributed by atoms with van der Waals surface area (Å²) in [5.74, 6) is -2.31. The van der Waals surface area contributed by atoms with Crippen molar-refractivity contribution in [1.29, 1.82) is 0 Å².